The van der Waals surface area contributed by atoms with Crippen LogP contribution in [0, 0.1) is 0 Å². The molecule has 0 bridgehead atoms. The third-order valence-electron chi connectivity index (χ3n) is 2.49. The van der Waals surface area contributed by atoms with Crippen LogP contribution in [0.2, 0.25) is 0 Å². The van der Waals surface area contributed by atoms with Gasteiger partial charge in [-0.1, -0.05) is 0 Å². The van der Waals surface area contributed by atoms with Crippen molar-refractivity contribution in [3.63, 3.8) is 0 Å². The van der Waals surface area contributed by atoms with E-state index in [1.165, 1.54) is 7.11 Å². The fourth-order valence-corrected chi connectivity index (χ4v) is 3.41. The van der Waals surface area contributed by atoms with Gasteiger partial charge < -0.3 is 4.74 Å². The first-order chi connectivity index (χ1) is 6.77. The van der Waals surface area contributed by atoms with Crippen LogP contribution in [0.1, 0.15) is 20.3 Å². The Labute approximate surface area is 90.1 Å². The van der Waals surface area contributed by atoms with Crippen LogP contribution in [-0.2, 0) is 19.4 Å². The molecule has 1 saturated heterocycles. The van der Waals surface area contributed by atoms with E-state index in [0.717, 1.165) is 0 Å². The first-order valence-electron chi connectivity index (χ1n) is 4.83. The number of carbonyl (C=O) groups excluding carboxylic acids is 1. The van der Waals surface area contributed by atoms with E-state index in [-0.39, 0.29) is 23.5 Å². The van der Waals surface area contributed by atoms with Crippen LogP contribution in [0.4, 0.5) is 0 Å². The summed E-state index contributed by atoms with van der Waals surface area (Å²) in [4.78, 5) is 11.3. The van der Waals surface area contributed by atoms with Crippen molar-refractivity contribution in [3.8, 4) is 0 Å². The van der Waals surface area contributed by atoms with Gasteiger partial charge in [0.1, 0.15) is 5.54 Å². The number of nitrogens with one attached hydrogen (secondary N) is 1. The van der Waals surface area contributed by atoms with E-state index in [1.807, 2.05) is 0 Å². The molecule has 0 aliphatic carbocycles. The van der Waals surface area contributed by atoms with Crippen molar-refractivity contribution in [2.45, 2.75) is 31.8 Å². The molecule has 1 fully saturated rings. The zero-order chi connectivity index (χ0) is 11.7. The fourth-order valence-electron chi connectivity index (χ4n) is 1.73. The number of ether oxygens (including phenoxy) is 1. The predicted molar refractivity (Wildman–Crippen MR) is 56.3 cm³/mol. The number of esters is 1. The lowest BCUT2D eigenvalue weighted by Crippen LogP contribution is -2.52. The number of methoxy groups -OCH3 is 1. The average molecular weight is 235 g/mol. The molecule has 88 valence electrons. The van der Waals surface area contributed by atoms with Gasteiger partial charge in [-0.2, -0.15) is 0 Å². The molecule has 1 heterocycles. The number of hydrogen-bond donors (Lipinski definition) is 1. The standard InChI is InChI=1S/C9H17NO4S/c1-9(2,8(11)14-3)10-7-4-5-15(12,13)6-7/h7,10H,4-6H2,1-3H3. The topological polar surface area (TPSA) is 72.5 Å². The number of carbonyl (C=O) groups is 1. The van der Waals surface area contributed by atoms with Crippen molar-refractivity contribution in [1.82, 2.24) is 5.32 Å². The summed E-state index contributed by atoms with van der Waals surface area (Å²) in [6.07, 6.45) is 0.558. The molecule has 5 nitrogen and oxygen atoms in total. The summed E-state index contributed by atoms with van der Waals surface area (Å²) in [5.41, 5.74) is -0.834. The molecule has 1 aliphatic rings. The molecule has 1 aliphatic heterocycles. The molecular weight excluding hydrogens is 218 g/mol. The molecule has 1 atom stereocenters. The molecule has 0 spiro atoms. The second-order valence-corrected chi connectivity index (χ2v) is 6.59. The maximum atomic E-state index is 11.3. The Kier molecular flexibility index (Phi) is 3.40. The van der Waals surface area contributed by atoms with E-state index in [2.05, 4.69) is 10.1 Å². The van der Waals surface area contributed by atoms with Crippen LogP contribution in [0.3, 0.4) is 0 Å². The van der Waals surface area contributed by atoms with Gasteiger partial charge in [0, 0.05) is 6.04 Å². The van der Waals surface area contributed by atoms with E-state index >= 15 is 0 Å². The average Bonchev–Trinajstić information content (AvgIpc) is 2.43. The summed E-state index contributed by atoms with van der Waals surface area (Å²) in [7, 11) is -1.60. The molecule has 15 heavy (non-hydrogen) atoms. The number of hydrogen-bond acceptors (Lipinski definition) is 5. The summed E-state index contributed by atoms with van der Waals surface area (Å²) in [5.74, 6) is -0.0817. The monoisotopic (exact) mass is 235 g/mol. The quantitative estimate of drug-likeness (QED) is 0.681. The molecule has 0 saturated carbocycles. The van der Waals surface area contributed by atoms with Crippen LogP contribution >= 0.6 is 0 Å². The lowest BCUT2D eigenvalue weighted by Gasteiger charge is -2.26. The van der Waals surface area contributed by atoms with Gasteiger partial charge in [0.2, 0.25) is 0 Å². The van der Waals surface area contributed by atoms with Gasteiger partial charge in [0.05, 0.1) is 18.6 Å². The SMILES string of the molecule is COC(=O)C(C)(C)NC1CCS(=O)(=O)C1. The van der Waals surface area contributed by atoms with Crippen molar-refractivity contribution < 1.29 is 17.9 Å². The predicted octanol–water partition coefficient (Wildman–Crippen LogP) is -0.285. The zero-order valence-electron chi connectivity index (χ0n) is 9.24. The van der Waals surface area contributed by atoms with Crippen molar-refractivity contribution in [1.29, 1.82) is 0 Å². The summed E-state index contributed by atoms with van der Waals surface area (Å²) in [5, 5.41) is 3.01. The van der Waals surface area contributed by atoms with E-state index in [0.29, 0.717) is 6.42 Å². The molecule has 0 amide bonds. The molecular formula is C9H17NO4S. The third kappa shape index (κ3) is 3.17. The van der Waals surface area contributed by atoms with Gasteiger partial charge in [0.15, 0.2) is 9.84 Å². The van der Waals surface area contributed by atoms with E-state index in [4.69, 9.17) is 0 Å². The van der Waals surface area contributed by atoms with Gasteiger partial charge >= 0.3 is 5.97 Å². The highest BCUT2D eigenvalue weighted by molar-refractivity contribution is 7.91. The second-order valence-electron chi connectivity index (χ2n) is 4.36. The first kappa shape index (κ1) is 12.4. The van der Waals surface area contributed by atoms with Crippen LogP contribution in [0.15, 0.2) is 0 Å². The Balaban J connectivity index is 2.60. The highest BCUT2D eigenvalue weighted by Crippen LogP contribution is 2.15. The van der Waals surface area contributed by atoms with Crippen molar-refractivity contribution in [2.75, 3.05) is 18.6 Å². The number of sulfone groups is 1. The smallest absolute Gasteiger partial charge is 0.325 e. The van der Waals surface area contributed by atoms with Crippen LogP contribution in [0.5, 0.6) is 0 Å². The Bertz CT molecular complexity index is 347. The lowest BCUT2D eigenvalue weighted by atomic mass is 10.0. The van der Waals surface area contributed by atoms with Crippen molar-refractivity contribution in [3.05, 3.63) is 0 Å². The highest BCUT2D eigenvalue weighted by atomic mass is 32.2. The zero-order valence-corrected chi connectivity index (χ0v) is 10.1. The Hall–Kier alpha value is -0.620. The van der Waals surface area contributed by atoms with Gasteiger partial charge in [-0.25, -0.2) is 8.42 Å². The number of rotatable bonds is 3. The third-order valence-corrected chi connectivity index (χ3v) is 4.26. The summed E-state index contributed by atoms with van der Waals surface area (Å²) in [6, 6.07) is -0.149. The Morgan fingerprint density at radius 3 is 2.47 bits per heavy atom. The molecule has 1 unspecified atom stereocenters. The van der Waals surface area contributed by atoms with Crippen molar-refractivity contribution in [2.24, 2.45) is 0 Å². The molecule has 0 aromatic carbocycles. The second kappa shape index (κ2) is 4.09. The van der Waals surface area contributed by atoms with Gasteiger partial charge in [-0.05, 0) is 20.3 Å². The minimum absolute atomic E-state index is 0.105. The van der Waals surface area contributed by atoms with Gasteiger partial charge in [-0.3, -0.25) is 10.1 Å². The van der Waals surface area contributed by atoms with E-state index in [1.54, 1.807) is 13.8 Å². The molecule has 0 aromatic rings. The van der Waals surface area contributed by atoms with E-state index < -0.39 is 15.4 Å². The van der Waals surface area contributed by atoms with Gasteiger partial charge in [-0.15, -0.1) is 0 Å². The van der Waals surface area contributed by atoms with Gasteiger partial charge in [0.25, 0.3) is 0 Å². The summed E-state index contributed by atoms with van der Waals surface area (Å²) < 4.78 is 27.0. The minimum atomic E-state index is -2.91. The molecule has 0 aromatic heterocycles. The molecule has 1 rings (SSSR count). The normalized spacial score (nSPS) is 25.1. The Morgan fingerprint density at radius 1 is 1.47 bits per heavy atom. The maximum absolute atomic E-state index is 11.3. The Morgan fingerprint density at radius 2 is 2.07 bits per heavy atom. The van der Waals surface area contributed by atoms with Crippen LogP contribution in [0.25, 0.3) is 0 Å². The molecule has 0 radical (unpaired) electrons. The molecule has 6 heteroatoms. The first-order valence-corrected chi connectivity index (χ1v) is 6.65. The summed E-state index contributed by atoms with van der Waals surface area (Å²) >= 11 is 0. The fraction of sp³-hybridized carbons (Fsp3) is 0.889. The molecule has 1 N–H and O–H groups in total. The summed E-state index contributed by atoms with van der Waals surface area (Å²) in [6.45, 7) is 3.37. The highest BCUT2D eigenvalue weighted by Gasteiger charge is 2.36. The van der Waals surface area contributed by atoms with E-state index in [9.17, 15) is 13.2 Å². The van der Waals surface area contributed by atoms with Crippen LogP contribution in [-0.4, -0.2) is 44.6 Å². The van der Waals surface area contributed by atoms with Crippen molar-refractivity contribution >= 4 is 15.8 Å². The largest absolute Gasteiger partial charge is 0.468 e. The maximum Gasteiger partial charge on any atom is 0.325 e. The minimum Gasteiger partial charge on any atom is -0.468 e. The lowest BCUT2D eigenvalue weighted by molar-refractivity contribution is -0.147. The van der Waals surface area contributed by atoms with Crippen LogP contribution < -0.4 is 5.32 Å².